The number of hydrogen-bond acceptors (Lipinski definition) is 3. The molecule has 3 nitrogen and oxygen atoms in total. The number of halogens is 2. The van der Waals surface area contributed by atoms with Gasteiger partial charge in [0, 0.05) is 22.0 Å². The summed E-state index contributed by atoms with van der Waals surface area (Å²) >= 11 is 7.70. The van der Waals surface area contributed by atoms with Gasteiger partial charge in [0.2, 0.25) is 0 Å². The van der Waals surface area contributed by atoms with E-state index in [1.807, 2.05) is 12.1 Å². The van der Waals surface area contributed by atoms with Crippen LogP contribution in [0.15, 0.2) is 23.1 Å². The molecule has 0 radical (unpaired) electrons. The monoisotopic (exact) mass is 348 g/mol. The van der Waals surface area contributed by atoms with Crippen molar-refractivity contribution in [3.8, 4) is 0 Å². The first-order valence-corrected chi connectivity index (χ1v) is 8.44. The molecule has 1 aromatic rings. The molecule has 1 amide bonds. The number of thioether (sulfide) groups is 1. The van der Waals surface area contributed by atoms with Crippen molar-refractivity contribution in [2.24, 2.45) is 0 Å². The number of carbonyl (C=O) groups excluding carboxylic acids is 1. The van der Waals surface area contributed by atoms with Crippen LogP contribution in [0.4, 0.5) is 0 Å². The Hall–Kier alpha value is -0.420. The van der Waals surface area contributed by atoms with E-state index in [2.05, 4.69) is 24.5 Å². The summed E-state index contributed by atoms with van der Waals surface area (Å²) in [7, 11) is 0. The topological polar surface area (TPSA) is 41.1 Å². The van der Waals surface area contributed by atoms with Gasteiger partial charge in [0.15, 0.2) is 0 Å². The van der Waals surface area contributed by atoms with Crippen molar-refractivity contribution in [3.05, 3.63) is 28.8 Å². The van der Waals surface area contributed by atoms with Crippen LogP contribution >= 0.6 is 35.8 Å². The van der Waals surface area contributed by atoms with Gasteiger partial charge in [-0.1, -0.05) is 18.5 Å². The van der Waals surface area contributed by atoms with Crippen LogP contribution in [-0.4, -0.2) is 30.3 Å². The lowest BCUT2D eigenvalue weighted by Gasteiger charge is -2.30. The molecule has 6 heteroatoms. The molecule has 2 unspecified atom stereocenters. The minimum Gasteiger partial charge on any atom is -0.348 e. The van der Waals surface area contributed by atoms with Crippen LogP contribution < -0.4 is 10.6 Å². The summed E-state index contributed by atoms with van der Waals surface area (Å²) in [6.07, 6.45) is 2.12. The van der Waals surface area contributed by atoms with Crippen molar-refractivity contribution in [1.82, 2.24) is 10.6 Å². The van der Waals surface area contributed by atoms with Crippen molar-refractivity contribution < 1.29 is 4.79 Å². The molecule has 1 saturated heterocycles. The highest BCUT2D eigenvalue weighted by Crippen LogP contribution is 2.26. The van der Waals surface area contributed by atoms with E-state index in [9.17, 15) is 4.79 Å². The van der Waals surface area contributed by atoms with Gasteiger partial charge >= 0.3 is 0 Å². The Morgan fingerprint density at radius 1 is 1.52 bits per heavy atom. The van der Waals surface area contributed by atoms with Crippen LogP contribution in [-0.2, 0) is 0 Å². The van der Waals surface area contributed by atoms with Crippen LogP contribution in [0, 0.1) is 0 Å². The Morgan fingerprint density at radius 3 is 2.95 bits per heavy atom. The molecule has 118 valence electrons. The van der Waals surface area contributed by atoms with Crippen molar-refractivity contribution in [3.63, 3.8) is 0 Å². The Kier molecular flexibility index (Phi) is 7.88. The second-order valence-electron chi connectivity index (χ2n) is 5.04. The van der Waals surface area contributed by atoms with Crippen molar-refractivity contribution in [2.45, 2.75) is 43.7 Å². The van der Waals surface area contributed by atoms with Crippen LogP contribution in [0.5, 0.6) is 0 Å². The molecule has 1 aromatic carbocycles. The zero-order chi connectivity index (χ0) is 14.5. The summed E-state index contributed by atoms with van der Waals surface area (Å²) < 4.78 is 0. The molecular weight excluding hydrogens is 327 g/mol. The molecule has 0 bridgehead atoms. The number of rotatable bonds is 4. The van der Waals surface area contributed by atoms with Crippen molar-refractivity contribution in [1.29, 1.82) is 0 Å². The highest BCUT2D eigenvalue weighted by atomic mass is 35.5. The molecule has 1 heterocycles. The zero-order valence-electron chi connectivity index (χ0n) is 12.3. The lowest BCUT2D eigenvalue weighted by Crippen LogP contribution is -2.51. The quantitative estimate of drug-likeness (QED) is 0.814. The van der Waals surface area contributed by atoms with Crippen LogP contribution in [0.25, 0.3) is 0 Å². The lowest BCUT2D eigenvalue weighted by atomic mass is 9.99. The lowest BCUT2D eigenvalue weighted by molar-refractivity contribution is 0.0917. The molecule has 2 atom stereocenters. The van der Waals surface area contributed by atoms with Gasteiger partial charge < -0.3 is 10.6 Å². The molecule has 0 saturated carbocycles. The largest absolute Gasteiger partial charge is 0.348 e. The minimum atomic E-state index is -0.0241. The number of carbonyl (C=O) groups is 1. The molecule has 0 aromatic heterocycles. The predicted molar refractivity (Wildman–Crippen MR) is 93.1 cm³/mol. The summed E-state index contributed by atoms with van der Waals surface area (Å²) in [5, 5.41) is 7.13. The molecule has 0 aliphatic carbocycles. The number of benzene rings is 1. The van der Waals surface area contributed by atoms with Gasteiger partial charge in [-0.15, -0.1) is 24.2 Å². The average Bonchev–Trinajstić information content (AvgIpc) is 2.43. The smallest absolute Gasteiger partial charge is 0.252 e. The number of amides is 1. The standard InChI is InChI=1S/C15H21ClN2OS.ClH/c1-3-20-14-7-6-11(16)9-12(14)15(19)18-13-5-4-8-17-10(13)2;/h6-7,9-10,13,17H,3-5,8H2,1-2H3,(H,18,19);1H. The van der Waals surface area contributed by atoms with Gasteiger partial charge in [0.05, 0.1) is 5.56 Å². The Morgan fingerprint density at radius 2 is 2.29 bits per heavy atom. The fourth-order valence-corrected chi connectivity index (χ4v) is 3.40. The van der Waals surface area contributed by atoms with E-state index in [1.54, 1.807) is 17.8 Å². The van der Waals surface area contributed by atoms with E-state index < -0.39 is 0 Å². The third kappa shape index (κ3) is 5.06. The molecule has 2 rings (SSSR count). The molecule has 1 aliphatic heterocycles. The second kappa shape index (κ2) is 8.89. The first-order chi connectivity index (χ1) is 9.61. The number of nitrogens with one attached hydrogen (secondary N) is 2. The summed E-state index contributed by atoms with van der Waals surface area (Å²) in [5.74, 6) is 0.910. The Balaban J connectivity index is 0.00000220. The first kappa shape index (κ1) is 18.6. The van der Waals surface area contributed by atoms with Crippen LogP contribution in [0.2, 0.25) is 5.02 Å². The van der Waals surface area contributed by atoms with E-state index in [0.717, 1.165) is 30.0 Å². The van der Waals surface area contributed by atoms with E-state index in [0.29, 0.717) is 16.6 Å². The molecular formula is C15H22Cl2N2OS. The second-order valence-corrected chi connectivity index (χ2v) is 6.78. The van der Waals surface area contributed by atoms with E-state index >= 15 is 0 Å². The third-order valence-corrected chi connectivity index (χ3v) is 4.76. The van der Waals surface area contributed by atoms with E-state index in [-0.39, 0.29) is 24.4 Å². The summed E-state index contributed by atoms with van der Waals surface area (Å²) in [6.45, 7) is 5.22. The van der Waals surface area contributed by atoms with Crippen molar-refractivity contribution in [2.75, 3.05) is 12.3 Å². The van der Waals surface area contributed by atoms with E-state index in [1.165, 1.54) is 0 Å². The fraction of sp³-hybridized carbons (Fsp3) is 0.533. The van der Waals surface area contributed by atoms with Crippen molar-refractivity contribution >= 4 is 41.7 Å². The van der Waals surface area contributed by atoms with Crippen LogP contribution in [0.1, 0.15) is 37.0 Å². The Bertz CT molecular complexity index is 485. The molecule has 0 spiro atoms. The SMILES string of the molecule is CCSc1ccc(Cl)cc1C(=O)NC1CCCNC1C.Cl. The molecule has 21 heavy (non-hydrogen) atoms. The summed E-state index contributed by atoms with van der Waals surface area (Å²) in [5.41, 5.74) is 0.683. The molecule has 1 aliphatic rings. The van der Waals surface area contributed by atoms with E-state index in [4.69, 9.17) is 11.6 Å². The maximum atomic E-state index is 12.5. The van der Waals surface area contributed by atoms with Gasteiger partial charge in [-0.3, -0.25) is 4.79 Å². The molecule has 2 N–H and O–H groups in total. The minimum absolute atomic E-state index is 0. The van der Waals surface area contributed by atoms with Gasteiger partial charge in [0.25, 0.3) is 5.91 Å². The number of piperidine rings is 1. The third-order valence-electron chi connectivity index (χ3n) is 3.56. The van der Waals surface area contributed by atoms with Gasteiger partial charge in [-0.2, -0.15) is 0 Å². The van der Waals surface area contributed by atoms with Gasteiger partial charge in [0.1, 0.15) is 0 Å². The summed E-state index contributed by atoms with van der Waals surface area (Å²) in [6, 6.07) is 6.02. The number of hydrogen-bond donors (Lipinski definition) is 2. The fourth-order valence-electron chi connectivity index (χ4n) is 2.45. The van der Waals surface area contributed by atoms with Gasteiger partial charge in [-0.25, -0.2) is 0 Å². The average molecular weight is 349 g/mol. The highest BCUT2D eigenvalue weighted by Gasteiger charge is 2.23. The molecule has 1 fully saturated rings. The maximum Gasteiger partial charge on any atom is 0.252 e. The van der Waals surface area contributed by atoms with Gasteiger partial charge in [-0.05, 0) is 50.3 Å². The maximum absolute atomic E-state index is 12.5. The first-order valence-electron chi connectivity index (χ1n) is 7.08. The Labute approximate surface area is 142 Å². The zero-order valence-corrected chi connectivity index (χ0v) is 14.7. The van der Waals surface area contributed by atoms with Crippen LogP contribution in [0.3, 0.4) is 0 Å². The highest BCUT2D eigenvalue weighted by molar-refractivity contribution is 7.99. The summed E-state index contributed by atoms with van der Waals surface area (Å²) in [4.78, 5) is 13.5. The normalized spacial score (nSPS) is 21.5. The predicted octanol–water partition coefficient (Wildman–Crippen LogP) is 3.74.